The van der Waals surface area contributed by atoms with Crippen molar-refractivity contribution in [1.29, 1.82) is 0 Å². The maximum absolute atomic E-state index is 12.5. The molecule has 1 aliphatic carbocycles. The molecule has 2 aliphatic rings. The highest BCUT2D eigenvalue weighted by Crippen LogP contribution is 2.41. The minimum Gasteiger partial charge on any atom is -0.352 e. The van der Waals surface area contributed by atoms with Crippen molar-refractivity contribution in [2.24, 2.45) is 10.9 Å². The summed E-state index contributed by atoms with van der Waals surface area (Å²) in [6.45, 7) is 2.82. The van der Waals surface area contributed by atoms with E-state index in [-0.39, 0.29) is 5.91 Å². The van der Waals surface area contributed by atoms with E-state index >= 15 is 0 Å². The quantitative estimate of drug-likeness (QED) is 0.710. The van der Waals surface area contributed by atoms with Crippen LogP contribution >= 0.6 is 11.8 Å². The predicted octanol–water partition coefficient (Wildman–Crippen LogP) is 5.17. The number of aromatic nitrogens is 2. The third-order valence-corrected chi connectivity index (χ3v) is 6.44. The summed E-state index contributed by atoms with van der Waals surface area (Å²) in [6.07, 6.45) is 11.6. The summed E-state index contributed by atoms with van der Waals surface area (Å²) in [7, 11) is 0. The van der Waals surface area contributed by atoms with E-state index in [1.54, 1.807) is 24.2 Å². The van der Waals surface area contributed by atoms with Crippen LogP contribution in [0.25, 0.3) is 0 Å². The van der Waals surface area contributed by atoms with Gasteiger partial charge in [0.05, 0.1) is 11.4 Å². The molecule has 1 saturated carbocycles. The van der Waals surface area contributed by atoms with Gasteiger partial charge in [0, 0.05) is 35.3 Å². The molecule has 1 amide bonds. The van der Waals surface area contributed by atoms with Crippen molar-refractivity contribution in [2.75, 3.05) is 6.54 Å². The number of nitrogens with one attached hydrogen (secondary N) is 1. The van der Waals surface area contributed by atoms with Gasteiger partial charge in [-0.1, -0.05) is 44.4 Å². The molecule has 4 rings (SSSR count). The van der Waals surface area contributed by atoms with Crippen LogP contribution in [0.15, 0.2) is 45.5 Å². The Morgan fingerprint density at radius 3 is 2.82 bits per heavy atom. The normalized spacial score (nSPS) is 16.5. The highest BCUT2D eigenvalue weighted by Gasteiger charge is 2.27. The fraction of sp³-hybridized carbons (Fsp3) is 0.455. The molecular weight excluding hydrogens is 368 g/mol. The molecule has 0 radical (unpaired) electrons. The molecule has 2 heterocycles. The smallest absolute Gasteiger partial charge is 0.251 e. The molecule has 0 spiro atoms. The van der Waals surface area contributed by atoms with Gasteiger partial charge < -0.3 is 5.32 Å². The largest absolute Gasteiger partial charge is 0.352 e. The second-order valence-electron chi connectivity index (χ2n) is 7.44. The van der Waals surface area contributed by atoms with Gasteiger partial charge in [-0.3, -0.25) is 9.78 Å². The topological polar surface area (TPSA) is 67.2 Å². The Bertz CT molecular complexity index is 890. The van der Waals surface area contributed by atoms with E-state index in [1.165, 1.54) is 19.3 Å². The zero-order valence-corrected chi connectivity index (χ0v) is 17.1. The molecule has 1 N–H and O–H groups in total. The summed E-state index contributed by atoms with van der Waals surface area (Å²) in [4.78, 5) is 27.8. The van der Waals surface area contributed by atoms with Crippen molar-refractivity contribution in [1.82, 2.24) is 15.3 Å². The van der Waals surface area contributed by atoms with E-state index in [0.717, 1.165) is 52.7 Å². The molecule has 0 saturated heterocycles. The summed E-state index contributed by atoms with van der Waals surface area (Å²) in [5.41, 5.74) is 3.46. The van der Waals surface area contributed by atoms with Gasteiger partial charge in [-0.2, -0.15) is 0 Å². The third-order valence-electron chi connectivity index (χ3n) is 5.38. The van der Waals surface area contributed by atoms with Crippen LogP contribution in [0.1, 0.15) is 67.9 Å². The van der Waals surface area contributed by atoms with E-state index in [9.17, 15) is 4.79 Å². The third kappa shape index (κ3) is 4.12. The van der Waals surface area contributed by atoms with Gasteiger partial charge in [0.15, 0.2) is 0 Å². The highest BCUT2D eigenvalue weighted by atomic mass is 32.2. The number of unbranched alkanes of at least 4 members (excludes halogenated alkanes) is 1. The number of fused-ring (bicyclic) bond motifs is 2. The number of aliphatic imine (C=N–C) groups is 1. The minimum absolute atomic E-state index is 0.0336. The summed E-state index contributed by atoms with van der Waals surface area (Å²) in [5, 5.41) is 3.90. The lowest BCUT2D eigenvalue weighted by Crippen LogP contribution is -2.24. The Hall–Kier alpha value is -2.21. The van der Waals surface area contributed by atoms with Gasteiger partial charge in [-0.05, 0) is 37.5 Å². The van der Waals surface area contributed by atoms with Crippen LogP contribution in [0.5, 0.6) is 0 Å². The van der Waals surface area contributed by atoms with Gasteiger partial charge in [0.2, 0.25) is 0 Å². The molecular formula is C22H26N4OS. The summed E-state index contributed by atoms with van der Waals surface area (Å²) >= 11 is 1.59. The average Bonchev–Trinajstić information content (AvgIpc) is 2.90. The van der Waals surface area contributed by atoms with Crippen molar-refractivity contribution in [3.63, 3.8) is 0 Å². The number of hydrogen-bond acceptors (Lipinski definition) is 5. The SMILES string of the molecule is CCCCNC(=O)c1ccc2c(c1)N=C(C1CCCCC1)c1nccnc1S2. The van der Waals surface area contributed by atoms with Crippen molar-refractivity contribution < 1.29 is 4.79 Å². The van der Waals surface area contributed by atoms with Crippen molar-refractivity contribution in [2.45, 2.75) is 61.8 Å². The molecule has 2 aromatic rings. The lowest BCUT2D eigenvalue weighted by atomic mass is 9.84. The first-order valence-electron chi connectivity index (χ1n) is 10.3. The second-order valence-corrected chi connectivity index (χ2v) is 8.47. The van der Waals surface area contributed by atoms with Crippen LogP contribution in [-0.4, -0.2) is 28.1 Å². The number of carbonyl (C=O) groups is 1. The van der Waals surface area contributed by atoms with E-state index in [0.29, 0.717) is 18.0 Å². The van der Waals surface area contributed by atoms with Crippen LogP contribution in [-0.2, 0) is 0 Å². The first-order valence-corrected chi connectivity index (χ1v) is 11.1. The molecule has 6 heteroatoms. The number of hydrogen-bond donors (Lipinski definition) is 1. The summed E-state index contributed by atoms with van der Waals surface area (Å²) < 4.78 is 0. The number of amides is 1. The molecule has 0 unspecified atom stereocenters. The van der Waals surface area contributed by atoms with E-state index in [1.807, 2.05) is 18.2 Å². The maximum Gasteiger partial charge on any atom is 0.251 e. The minimum atomic E-state index is -0.0336. The Balaban J connectivity index is 1.70. The van der Waals surface area contributed by atoms with Crippen molar-refractivity contribution in [3.8, 4) is 0 Å². The molecule has 5 nitrogen and oxygen atoms in total. The fourth-order valence-corrected chi connectivity index (χ4v) is 4.76. The molecule has 1 fully saturated rings. The Morgan fingerprint density at radius 1 is 1.18 bits per heavy atom. The first kappa shape index (κ1) is 19.1. The Labute approximate surface area is 170 Å². The molecule has 1 aromatic carbocycles. The molecule has 0 atom stereocenters. The molecule has 1 aromatic heterocycles. The Kier molecular flexibility index (Phi) is 6.05. The number of rotatable bonds is 5. The van der Waals surface area contributed by atoms with Gasteiger partial charge in [-0.25, -0.2) is 9.98 Å². The summed E-state index contributed by atoms with van der Waals surface area (Å²) in [6, 6.07) is 5.78. The lowest BCUT2D eigenvalue weighted by molar-refractivity contribution is 0.0953. The van der Waals surface area contributed by atoms with Crippen molar-refractivity contribution >= 4 is 29.1 Å². The average molecular weight is 395 g/mol. The van der Waals surface area contributed by atoms with E-state index in [2.05, 4.69) is 22.2 Å². The second kappa shape index (κ2) is 8.86. The van der Waals surface area contributed by atoms with Gasteiger partial charge in [-0.15, -0.1) is 0 Å². The van der Waals surface area contributed by atoms with Crippen LogP contribution in [0.3, 0.4) is 0 Å². The number of carbonyl (C=O) groups excluding carboxylic acids is 1. The number of nitrogens with zero attached hydrogens (tertiary/aromatic N) is 3. The summed E-state index contributed by atoms with van der Waals surface area (Å²) in [5.74, 6) is 0.381. The van der Waals surface area contributed by atoms with Gasteiger partial charge in [0.25, 0.3) is 5.91 Å². The first-order chi connectivity index (χ1) is 13.8. The van der Waals surface area contributed by atoms with Crippen LogP contribution in [0.2, 0.25) is 0 Å². The molecule has 28 heavy (non-hydrogen) atoms. The van der Waals surface area contributed by atoms with E-state index in [4.69, 9.17) is 4.99 Å². The van der Waals surface area contributed by atoms with Gasteiger partial charge in [0.1, 0.15) is 10.7 Å². The molecule has 1 aliphatic heterocycles. The zero-order chi connectivity index (χ0) is 19.3. The fourth-order valence-electron chi connectivity index (χ4n) is 3.84. The monoisotopic (exact) mass is 394 g/mol. The maximum atomic E-state index is 12.5. The van der Waals surface area contributed by atoms with Crippen LogP contribution in [0.4, 0.5) is 5.69 Å². The van der Waals surface area contributed by atoms with Gasteiger partial charge >= 0.3 is 0 Å². The van der Waals surface area contributed by atoms with E-state index < -0.39 is 0 Å². The van der Waals surface area contributed by atoms with Crippen LogP contribution in [0, 0.1) is 5.92 Å². The van der Waals surface area contributed by atoms with Crippen LogP contribution < -0.4 is 5.32 Å². The highest BCUT2D eigenvalue weighted by molar-refractivity contribution is 7.99. The Morgan fingerprint density at radius 2 is 2.00 bits per heavy atom. The van der Waals surface area contributed by atoms with Crippen molar-refractivity contribution in [3.05, 3.63) is 41.9 Å². The zero-order valence-electron chi connectivity index (χ0n) is 16.3. The molecule has 0 bridgehead atoms. The lowest BCUT2D eigenvalue weighted by Gasteiger charge is -2.23. The molecule has 146 valence electrons. The standard InChI is InChI=1S/C22H26N4OS/c1-2-3-11-24-21(27)16-9-10-18-17(14-16)26-19(15-7-5-4-6-8-15)20-22(28-18)25-13-12-23-20/h9-10,12-15H,2-8,11H2,1H3,(H,24,27). The predicted molar refractivity (Wildman–Crippen MR) is 113 cm³/mol. The number of benzene rings is 1.